The quantitative estimate of drug-likeness (QED) is 0.774. The topological polar surface area (TPSA) is 76.0 Å². The van der Waals surface area contributed by atoms with E-state index in [1.54, 1.807) is 0 Å². The van der Waals surface area contributed by atoms with Crippen LogP contribution in [0.25, 0.3) is 16.9 Å². The van der Waals surface area contributed by atoms with Crippen LogP contribution in [0.5, 0.6) is 0 Å². The van der Waals surface area contributed by atoms with Gasteiger partial charge in [0.15, 0.2) is 11.2 Å². The molecule has 0 atom stereocenters. The van der Waals surface area contributed by atoms with Gasteiger partial charge in [-0.15, -0.1) is 0 Å². The Bertz CT molecular complexity index is 936. The van der Waals surface area contributed by atoms with Crippen LogP contribution in [0.2, 0.25) is 0 Å². The van der Waals surface area contributed by atoms with Gasteiger partial charge in [0.25, 0.3) is 5.56 Å². The monoisotopic (exact) mass is 325 g/mol. The Morgan fingerprint density at radius 3 is 2.50 bits per heavy atom. The molecule has 24 heavy (non-hydrogen) atoms. The van der Waals surface area contributed by atoms with Crippen LogP contribution < -0.4 is 10.5 Å². The van der Waals surface area contributed by atoms with E-state index in [0.717, 1.165) is 11.5 Å². The predicted octanol–water partition coefficient (Wildman–Crippen LogP) is 1.56. The van der Waals surface area contributed by atoms with Gasteiger partial charge >= 0.3 is 0 Å². The van der Waals surface area contributed by atoms with Crippen molar-refractivity contribution in [3.63, 3.8) is 0 Å². The van der Waals surface area contributed by atoms with Gasteiger partial charge in [0.05, 0.1) is 13.2 Å². The number of morpholine rings is 1. The predicted molar refractivity (Wildman–Crippen MR) is 92.0 cm³/mol. The summed E-state index contributed by atoms with van der Waals surface area (Å²) < 4.78 is 7.29. The van der Waals surface area contributed by atoms with E-state index in [4.69, 9.17) is 9.72 Å². The fraction of sp³-hybridized carbons (Fsp3) is 0.353. The Morgan fingerprint density at radius 1 is 1.08 bits per heavy atom. The van der Waals surface area contributed by atoms with E-state index in [9.17, 15) is 4.79 Å². The number of imidazole rings is 1. The smallest absolute Gasteiger partial charge is 0.280 e. The largest absolute Gasteiger partial charge is 0.378 e. The second-order valence-corrected chi connectivity index (χ2v) is 5.99. The van der Waals surface area contributed by atoms with Crippen LogP contribution in [0.4, 0.5) is 5.95 Å². The van der Waals surface area contributed by atoms with Gasteiger partial charge < -0.3 is 9.64 Å². The molecule has 7 heteroatoms. The third-order valence-electron chi connectivity index (χ3n) is 4.28. The second-order valence-electron chi connectivity index (χ2n) is 5.99. The highest BCUT2D eigenvalue weighted by Gasteiger charge is 2.19. The molecule has 0 bridgehead atoms. The van der Waals surface area contributed by atoms with Gasteiger partial charge in [0.2, 0.25) is 5.95 Å². The van der Waals surface area contributed by atoms with Crippen molar-refractivity contribution in [2.45, 2.75) is 13.8 Å². The number of nitrogens with one attached hydrogen (secondary N) is 1. The minimum absolute atomic E-state index is 0.213. The summed E-state index contributed by atoms with van der Waals surface area (Å²) in [4.78, 5) is 26.5. The number of nitrogens with zero attached hydrogens (tertiary/aromatic N) is 4. The highest BCUT2D eigenvalue weighted by Crippen LogP contribution is 2.20. The maximum absolute atomic E-state index is 12.5. The zero-order valence-electron chi connectivity index (χ0n) is 13.7. The minimum Gasteiger partial charge on any atom is -0.378 e. The summed E-state index contributed by atoms with van der Waals surface area (Å²) in [5.74, 6) is 1.31. The first-order valence-electron chi connectivity index (χ1n) is 8.02. The first-order chi connectivity index (χ1) is 11.6. The number of hydrogen-bond acceptors (Lipinski definition) is 5. The first kappa shape index (κ1) is 14.9. The lowest BCUT2D eigenvalue weighted by Gasteiger charge is -2.27. The molecule has 0 spiro atoms. The summed E-state index contributed by atoms with van der Waals surface area (Å²) >= 11 is 0. The molecule has 1 saturated heterocycles. The van der Waals surface area contributed by atoms with Crippen molar-refractivity contribution in [1.29, 1.82) is 0 Å². The molecular formula is C17H19N5O2. The Labute approximate surface area is 138 Å². The third-order valence-corrected chi connectivity index (χ3v) is 4.28. The molecule has 0 saturated carbocycles. The van der Waals surface area contributed by atoms with Crippen molar-refractivity contribution < 1.29 is 4.74 Å². The number of rotatable bonds is 2. The van der Waals surface area contributed by atoms with E-state index >= 15 is 0 Å². The normalized spacial score (nSPS) is 15.2. The number of benzene rings is 1. The number of aromatic amines is 1. The fourth-order valence-electron chi connectivity index (χ4n) is 2.99. The highest BCUT2D eigenvalue weighted by molar-refractivity contribution is 5.74. The molecule has 1 aromatic carbocycles. The number of ether oxygens (including phenoxy) is 1. The van der Waals surface area contributed by atoms with Gasteiger partial charge in [-0.2, -0.15) is 4.98 Å². The Hall–Kier alpha value is -2.67. The van der Waals surface area contributed by atoms with E-state index in [-0.39, 0.29) is 5.56 Å². The number of aryl methyl sites for hydroxylation is 2. The average molecular weight is 325 g/mol. The summed E-state index contributed by atoms with van der Waals surface area (Å²) in [6.45, 7) is 6.63. The van der Waals surface area contributed by atoms with Crippen LogP contribution in [0.15, 0.2) is 29.1 Å². The molecule has 0 aliphatic carbocycles. The summed E-state index contributed by atoms with van der Waals surface area (Å²) in [7, 11) is 0. The molecule has 3 heterocycles. The van der Waals surface area contributed by atoms with Crippen molar-refractivity contribution in [2.24, 2.45) is 0 Å². The number of aromatic nitrogens is 4. The van der Waals surface area contributed by atoms with Crippen LogP contribution >= 0.6 is 0 Å². The molecule has 0 unspecified atom stereocenters. The van der Waals surface area contributed by atoms with Crippen LogP contribution in [0.1, 0.15) is 11.4 Å². The molecular weight excluding hydrogens is 306 g/mol. The fourth-order valence-corrected chi connectivity index (χ4v) is 2.99. The minimum atomic E-state index is -0.213. The Balaban J connectivity index is 1.90. The average Bonchev–Trinajstić information content (AvgIpc) is 2.93. The summed E-state index contributed by atoms with van der Waals surface area (Å²) in [6.07, 6.45) is 0. The number of hydrogen-bond donors (Lipinski definition) is 1. The lowest BCUT2D eigenvalue weighted by atomic mass is 10.2. The molecule has 1 aliphatic heterocycles. The van der Waals surface area contributed by atoms with E-state index in [1.165, 1.54) is 5.56 Å². The second kappa shape index (κ2) is 5.76. The SMILES string of the molecule is Cc1ccc(-n2c(C)nc3c(=O)[nH]c(N4CCOCC4)nc32)cc1. The van der Waals surface area contributed by atoms with Crippen molar-refractivity contribution in [3.8, 4) is 5.69 Å². The van der Waals surface area contributed by atoms with Gasteiger partial charge in [-0.05, 0) is 26.0 Å². The van der Waals surface area contributed by atoms with E-state index in [1.807, 2.05) is 47.6 Å². The molecule has 1 N–H and O–H groups in total. The molecule has 1 aliphatic rings. The molecule has 4 rings (SSSR count). The molecule has 0 amide bonds. The molecule has 1 fully saturated rings. The molecule has 0 radical (unpaired) electrons. The number of anilines is 1. The summed E-state index contributed by atoms with van der Waals surface area (Å²) in [5, 5.41) is 0. The maximum atomic E-state index is 12.5. The van der Waals surface area contributed by atoms with Gasteiger partial charge in [-0.25, -0.2) is 4.98 Å². The highest BCUT2D eigenvalue weighted by atomic mass is 16.5. The van der Waals surface area contributed by atoms with Crippen LogP contribution in [0.3, 0.4) is 0 Å². The van der Waals surface area contributed by atoms with Gasteiger partial charge in [-0.3, -0.25) is 14.3 Å². The van der Waals surface area contributed by atoms with Crippen LogP contribution in [-0.2, 0) is 4.74 Å². The Kier molecular flexibility index (Phi) is 3.57. The lowest BCUT2D eigenvalue weighted by molar-refractivity contribution is 0.122. The standard InChI is InChI=1S/C17H19N5O2/c1-11-3-5-13(6-4-11)22-12(2)18-14-15(22)19-17(20-16(14)23)21-7-9-24-10-8-21/h3-6H,7-10H2,1-2H3,(H,19,20,23). The lowest BCUT2D eigenvalue weighted by Crippen LogP contribution is -2.38. The van der Waals surface area contributed by atoms with Crippen molar-refractivity contribution in [2.75, 3.05) is 31.2 Å². The van der Waals surface area contributed by atoms with Crippen LogP contribution in [0, 0.1) is 13.8 Å². The van der Waals surface area contributed by atoms with Gasteiger partial charge in [0, 0.05) is 18.8 Å². The number of H-pyrrole nitrogens is 1. The Morgan fingerprint density at radius 2 is 1.79 bits per heavy atom. The third kappa shape index (κ3) is 2.46. The number of fused-ring (bicyclic) bond motifs is 1. The maximum Gasteiger partial charge on any atom is 0.280 e. The molecule has 7 nitrogen and oxygen atoms in total. The van der Waals surface area contributed by atoms with Crippen molar-refractivity contribution in [1.82, 2.24) is 19.5 Å². The zero-order chi connectivity index (χ0) is 16.7. The van der Waals surface area contributed by atoms with Gasteiger partial charge in [-0.1, -0.05) is 17.7 Å². The van der Waals surface area contributed by atoms with Crippen molar-refractivity contribution in [3.05, 3.63) is 46.0 Å². The van der Waals surface area contributed by atoms with Crippen LogP contribution in [-0.4, -0.2) is 45.8 Å². The van der Waals surface area contributed by atoms with E-state index in [2.05, 4.69) is 9.97 Å². The molecule has 124 valence electrons. The first-order valence-corrected chi connectivity index (χ1v) is 8.02. The van der Waals surface area contributed by atoms with Gasteiger partial charge in [0.1, 0.15) is 5.82 Å². The van der Waals surface area contributed by atoms with Crippen molar-refractivity contribution >= 4 is 17.1 Å². The van der Waals surface area contributed by atoms with E-state index in [0.29, 0.717) is 43.4 Å². The molecule has 2 aromatic heterocycles. The zero-order valence-corrected chi connectivity index (χ0v) is 13.7. The summed E-state index contributed by atoms with van der Waals surface area (Å²) in [6, 6.07) is 8.11. The summed E-state index contributed by atoms with van der Waals surface area (Å²) in [5.41, 5.74) is 2.87. The van der Waals surface area contributed by atoms with E-state index < -0.39 is 0 Å². The molecule has 3 aromatic rings.